The van der Waals surface area contributed by atoms with E-state index >= 15 is 0 Å². The molecule has 3 heteroatoms. The predicted molar refractivity (Wildman–Crippen MR) is 77.2 cm³/mol. The van der Waals surface area contributed by atoms with Gasteiger partial charge in [0, 0.05) is 12.1 Å². The zero-order valence-corrected chi connectivity index (χ0v) is 11.9. The van der Waals surface area contributed by atoms with E-state index in [1.54, 1.807) is 0 Å². The number of hydrogen-bond donors (Lipinski definition) is 2. The first-order valence-corrected chi connectivity index (χ1v) is 7.23. The molecule has 0 saturated carbocycles. The number of aliphatic hydroxyl groups is 1. The molecule has 1 heterocycles. The van der Waals surface area contributed by atoms with Gasteiger partial charge < -0.3 is 15.2 Å². The van der Waals surface area contributed by atoms with Crippen molar-refractivity contribution in [3.8, 4) is 0 Å². The van der Waals surface area contributed by atoms with Gasteiger partial charge in [0.15, 0.2) is 0 Å². The minimum atomic E-state index is 0.130. The maximum absolute atomic E-state index is 9.56. The Morgan fingerprint density at radius 2 is 1.84 bits per heavy atom. The van der Waals surface area contributed by atoms with Crippen molar-refractivity contribution in [2.45, 2.75) is 57.4 Å². The van der Waals surface area contributed by atoms with Crippen LogP contribution in [0.3, 0.4) is 0 Å². The van der Waals surface area contributed by atoms with Crippen molar-refractivity contribution in [2.75, 3.05) is 6.61 Å². The van der Waals surface area contributed by atoms with Crippen LogP contribution in [0.5, 0.6) is 0 Å². The van der Waals surface area contributed by atoms with Gasteiger partial charge in [0.05, 0.1) is 18.8 Å². The Morgan fingerprint density at radius 3 is 2.42 bits per heavy atom. The topological polar surface area (TPSA) is 41.5 Å². The maximum atomic E-state index is 9.56. The van der Waals surface area contributed by atoms with Gasteiger partial charge in [0.25, 0.3) is 0 Å². The quantitative estimate of drug-likeness (QED) is 0.855. The van der Waals surface area contributed by atoms with Crippen LogP contribution in [0, 0.1) is 0 Å². The monoisotopic (exact) mass is 263 g/mol. The number of rotatable bonds is 5. The molecular formula is C16H25NO2. The largest absolute Gasteiger partial charge is 0.395 e. The van der Waals surface area contributed by atoms with Crippen LogP contribution in [0.1, 0.15) is 32.3 Å². The summed E-state index contributed by atoms with van der Waals surface area (Å²) in [6, 6.07) is 10.9. The lowest BCUT2D eigenvalue weighted by Crippen LogP contribution is -2.47. The number of nitrogens with one attached hydrogen (secondary N) is 1. The van der Waals surface area contributed by atoms with Crippen molar-refractivity contribution in [3.63, 3.8) is 0 Å². The second-order valence-electron chi connectivity index (χ2n) is 5.66. The van der Waals surface area contributed by atoms with Crippen molar-refractivity contribution >= 4 is 0 Å². The molecule has 0 spiro atoms. The van der Waals surface area contributed by atoms with Gasteiger partial charge in [-0.1, -0.05) is 30.3 Å². The molecule has 1 unspecified atom stereocenters. The number of benzene rings is 1. The van der Waals surface area contributed by atoms with Crippen molar-refractivity contribution in [1.82, 2.24) is 5.32 Å². The molecular weight excluding hydrogens is 238 g/mol. The second-order valence-corrected chi connectivity index (χ2v) is 5.66. The minimum Gasteiger partial charge on any atom is -0.395 e. The van der Waals surface area contributed by atoms with Crippen molar-refractivity contribution in [2.24, 2.45) is 0 Å². The molecule has 2 N–H and O–H groups in total. The summed E-state index contributed by atoms with van der Waals surface area (Å²) in [4.78, 5) is 0. The summed E-state index contributed by atoms with van der Waals surface area (Å²) < 4.78 is 5.75. The Labute approximate surface area is 116 Å². The summed E-state index contributed by atoms with van der Waals surface area (Å²) >= 11 is 0. The smallest absolute Gasteiger partial charge is 0.0587 e. The molecule has 19 heavy (non-hydrogen) atoms. The van der Waals surface area contributed by atoms with E-state index in [0.29, 0.717) is 18.2 Å². The lowest BCUT2D eigenvalue weighted by atomic mass is 9.97. The van der Waals surface area contributed by atoms with Crippen LogP contribution < -0.4 is 5.32 Å². The van der Waals surface area contributed by atoms with Gasteiger partial charge in [-0.2, -0.15) is 0 Å². The van der Waals surface area contributed by atoms with Gasteiger partial charge in [-0.3, -0.25) is 0 Å². The number of hydrogen-bond acceptors (Lipinski definition) is 3. The van der Waals surface area contributed by atoms with Crippen LogP contribution in [0.2, 0.25) is 0 Å². The minimum absolute atomic E-state index is 0.130. The fraction of sp³-hybridized carbons (Fsp3) is 0.625. The molecule has 3 nitrogen and oxygen atoms in total. The predicted octanol–water partition coefficient (Wildman–Crippen LogP) is 2.14. The van der Waals surface area contributed by atoms with Gasteiger partial charge in [-0.15, -0.1) is 0 Å². The van der Waals surface area contributed by atoms with Gasteiger partial charge in [-0.05, 0) is 38.7 Å². The number of aliphatic hydroxyl groups excluding tert-OH is 1. The third-order valence-corrected chi connectivity index (χ3v) is 3.71. The highest BCUT2D eigenvalue weighted by Crippen LogP contribution is 2.19. The van der Waals surface area contributed by atoms with Crippen LogP contribution in [0.25, 0.3) is 0 Å². The highest BCUT2D eigenvalue weighted by Gasteiger charge is 2.25. The number of ether oxygens (including phenoxy) is 1. The Balaban J connectivity index is 1.88. The molecule has 0 radical (unpaired) electrons. The normalized spacial score (nSPS) is 29.1. The van der Waals surface area contributed by atoms with Crippen molar-refractivity contribution in [3.05, 3.63) is 35.9 Å². The van der Waals surface area contributed by atoms with Gasteiger partial charge in [0.1, 0.15) is 0 Å². The molecule has 1 aliphatic heterocycles. The van der Waals surface area contributed by atoms with Crippen LogP contribution in [-0.2, 0) is 11.2 Å². The Bertz CT molecular complexity index is 358. The third kappa shape index (κ3) is 4.60. The second kappa shape index (κ2) is 7.04. The molecule has 1 aromatic rings. The fourth-order valence-electron chi connectivity index (χ4n) is 2.95. The first kappa shape index (κ1) is 14.5. The van der Waals surface area contributed by atoms with E-state index in [-0.39, 0.29) is 12.6 Å². The lowest BCUT2D eigenvalue weighted by Gasteiger charge is -2.34. The Hall–Kier alpha value is -0.900. The van der Waals surface area contributed by atoms with Crippen LogP contribution in [-0.4, -0.2) is 36.0 Å². The van der Waals surface area contributed by atoms with Crippen LogP contribution >= 0.6 is 0 Å². The summed E-state index contributed by atoms with van der Waals surface area (Å²) in [7, 11) is 0. The molecule has 0 aromatic heterocycles. The van der Waals surface area contributed by atoms with Crippen molar-refractivity contribution < 1.29 is 9.84 Å². The fourth-order valence-corrected chi connectivity index (χ4v) is 2.95. The zero-order chi connectivity index (χ0) is 13.7. The molecule has 4 atom stereocenters. The molecule has 0 amide bonds. The molecule has 1 aliphatic rings. The average Bonchev–Trinajstić information content (AvgIpc) is 2.38. The van der Waals surface area contributed by atoms with E-state index in [1.807, 2.05) is 18.2 Å². The third-order valence-electron chi connectivity index (χ3n) is 3.71. The molecule has 2 rings (SSSR count). The van der Waals surface area contributed by atoms with Gasteiger partial charge in [0.2, 0.25) is 0 Å². The summed E-state index contributed by atoms with van der Waals surface area (Å²) in [5, 5.41) is 13.1. The van der Waals surface area contributed by atoms with Gasteiger partial charge >= 0.3 is 0 Å². The molecule has 106 valence electrons. The lowest BCUT2D eigenvalue weighted by molar-refractivity contribution is -0.0444. The van der Waals surface area contributed by atoms with E-state index in [2.05, 4.69) is 31.3 Å². The molecule has 0 bridgehead atoms. The van der Waals surface area contributed by atoms with Crippen LogP contribution in [0.15, 0.2) is 30.3 Å². The molecule has 1 aromatic carbocycles. The van der Waals surface area contributed by atoms with Crippen LogP contribution in [0.4, 0.5) is 0 Å². The summed E-state index contributed by atoms with van der Waals surface area (Å²) in [5.74, 6) is 0. The standard InChI is InChI=1S/C16H25NO2/c1-12-8-15(9-13(2)19-12)17-16(11-18)10-14-6-4-3-5-7-14/h3-7,12-13,15-18H,8-11H2,1-2H3/t12-,13+,15?,16-/m1/s1. The van der Waals surface area contributed by atoms with E-state index < -0.39 is 0 Å². The molecule has 0 aliphatic carbocycles. The average molecular weight is 263 g/mol. The maximum Gasteiger partial charge on any atom is 0.0587 e. The van der Waals surface area contributed by atoms with Crippen molar-refractivity contribution in [1.29, 1.82) is 0 Å². The van der Waals surface area contributed by atoms with Gasteiger partial charge in [-0.25, -0.2) is 0 Å². The molecule has 1 saturated heterocycles. The highest BCUT2D eigenvalue weighted by atomic mass is 16.5. The first-order valence-electron chi connectivity index (χ1n) is 7.23. The summed E-state index contributed by atoms with van der Waals surface area (Å²) in [6.45, 7) is 4.42. The first-order chi connectivity index (χ1) is 9.17. The molecule has 1 fully saturated rings. The Morgan fingerprint density at radius 1 is 1.21 bits per heavy atom. The summed E-state index contributed by atoms with van der Waals surface area (Å²) in [5.41, 5.74) is 1.27. The van der Waals surface area contributed by atoms with E-state index in [1.165, 1.54) is 5.56 Å². The van der Waals surface area contributed by atoms with E-state index in [9.17, 15) is 5.11 Å². The Kier molecular flexibility index (Phi) is 5.37. The zero-order valence-electron chi connectivity index (χ0n) is 11.9. The van der Waals surface area contributed by atoms with E-state index in [0.717, 1.165) is 19.3 Å². The SMILES string of the molecule is C[C@@H]1CC(N[C@@H](CO)Cc2ccccc2)C[C@H](C)O1. The van der Waals surface area contributed by atoms with E-state index in [4.69, 9.17) is 4.74 Å². The highest BCUT2D eigenvalue weighted by molar-refractivity contribution is 5.16. The summed E-state index contributed by atoms with van der Waals surface area (Å²) in [6.07, 6.45) is 3.53.